The second-order valence-electron chi connectivity index (χ2n) is 1.80. The Bertz CT molecular complexity index is 232. The molecule has 0 atom stereocenters. The number of alkyl halides is 1. The average Bonchev–Trinajstić information content (AvgIpc) is 1.97. The predicted molar refractivity (Wildman–Crippen MR) is 40.8 cm³/mol. The van der Waals surface area contributed by atoms with Crippen molar-refractivity contribution in [1.29, 1.82) is 0 Å². The van der Waals surface area contributed by atoms with E-state index in [9.17, 15) is 8.78 Å². The lowest BCUT2D eigenvalue weighted by atomic mass is 10.3. The Hall–Kier alpha value is -0.640. The third-order valence-electron chi connectivity index (χ3n) is 1.12. The lowest BCUT2D eigenvalue weighted by molar-refractivity contribution is 0.347. The maximum atomic E-state index is 12.7. The van der Waals surface area contributed by atoms with Gasteiger partial charge < -0.3 is 4.74 Å². The topological polar surface area (TPSA) is 9.23 Å². The number of rotatable bonds is 2. The summed E-state index contributed by atoms with van der Waals surface area (Å²) in [5, 5.41) is 0. The largest absolute Gasteiger partial charge is 0.476 e. The van der Waals surface area contributed by atoms with Crippen molar-refractivity contribution in [3.63, 3.8) is 0 Å². The second kappa shape index (κ2) is 3.67. The molecule has 4 heteroatoms. The van der Waals surface area contributed by atoms with Gasteiger partial charge in [-0.15, -0.1) is 0 Å². The van der Waals surface area contributed by atoms with Gasteiger partial charge in [0.15, 0.2) is 17.4 Å². The summed E-state index contributed by atoms with van der Waals surface area (Å²) < 4.78 is 29.9. The molecule has 0 radical (unpaired) electrons. The molecule has 0 aromatic heterocycles. The van der Waals surface area contributed by atoms with Gasteiger partial charge in [0.25, 0.3) is 0 Å². The van der Waals surface area contributed by atoms with Crippen LogP contribution >= 0.6 is 15.9 Å². The van der Waals surface area contributed by atoms with Crippen LogP contribution < -0.4 is 4.74 Å². The SMILES string of the molecule is Fc1cccc(F)c1OCBr. The van der Waals surface area contributed by atoms with Gasteiger partial charge in [-0.1, -0.05) is 6.07 Å². The summed E-state index contributed by atoms with van der Waals surface area (Å²) in [5.74, 6) is -1.72. The van der Waals surface area contributed by atoms with Crippen molar-refractivity contribution in [2.45, 2.75) is 0 Å². The van der Waals surface area contributed by atoms with Crippen molar-refractivity contribution in [1.82, 2.24) is 0 Å². The Kier molecular flexibility index (Phi) is 2.82. The van der Waals surface area contributed by atoms with E-state index in [-0.39, 0.29) is 11.3 Å². The molecule has 0 saturated carbocycles. The molecule has 0 spiro atoms. The minimum Gasteiger partial charge on any atom is -0.476 e. The van der Waals surface area contributed by atoms with Crippen molar-refractivity contribution in [3.05, 3.63) is 29.8 Å². The highest BCUT2D eigenvalue weighted by Crippen LogP contribution is 2.20. The standard InChI is InChI=1S/C7H5BrF2O/c8-4-11-7-5(9)2-1-3-6(7)10/h1-3H,4H2. The highest BCUT2D eigenvalue weighted by atomic mass is 79.9. The second-order valence-corrected chi connectivity index (χ2v) is 2.26. The lowest BCUT2D eigenvalue weighted by Crippen LogP contribution is -1.94. The predicted octanol–water partition coefficient (Wildman–Crippen LogP) is 2.70. The molecule has 0 aliphatic carbocycles. The molecular formula is C7H5BrF2O. The maximum absolute atomic E-state index is 12.7. The minimum atomic E-state index is -0.690. The van der Waals surface area contributed by atoms with Gasteiger partial charge >= 0.3 is 0 Å². The number of para-hydroxylation sites is 1. The van der Waals surface area contributed by atoms with Crippen LogP contribution in [0.2, 0.25) is 0 Å². The molecule has 1 aromatic carbocycles. The zero-order valence-electron chi connectivity index (χ0n) is 5.48. The van der Waals surface area contributed by atoms with Gasteiger partial charge in [0.1, 0.15) is 5.52 Å². The lowest BCUT2D eigenvalue weighted by Gasteiger charge is -2.03. The monoisotopic (exact) mass is 222 g/mol. The highest BCUT2D eigenvalue weighted by molar-refractivity contribution is 9.09. The Morgan fingerprint density at radius 2 is 1.82 bits per heavy atom. The first kappa shape index (κ1) is 8.46. The van der Waals surface area contributed by atoms with E-state index in [0.717, 1.165) is 12.1 Å². The van der Waals surface area contributed by atoms with E-state index in [1.807, 2.05) is 0 Å². The molecular weight excluding hydrogens is 218 g/mol. The van der Waals surface area contributed by atoms with Crippen molar-refractivity contribution < 1.29 is 13.5 Å². The molecule has 1 nitrogen and oxygen atoms in total. The fraction of sp³-hybridized carbons (Fsp3) is 0.143. The van der Waals surface area contributed by atoms with Gasteiger partial charge in [0, 0.05) is 0 Å². The first-order valence-electron chi connectivity index (χ1n) is 2.88. The molecule has 0 bridgehead atoms. The molecule has 0 fully saturated rings. The Labute approximate surface area is 71.1 Å². The summed E-state index contributed by atoms with van der Waals surface area (Å²) in [5.41, 5.74) is 0.0743. The van der Waals surface area contributed by atoms with Gasteiger partial charge in [-0.25, -0.2) is 8.78 Å². The molecule has 0 amide bonds. The Morgan fingerprint density at radius 1 is 1.27 bits per heavy atom. The first-order chi connectivity index (χ1) is 5.25. The van der Waals surface area contributed by atoms with Crippen molar-refractivity contribution in [2.24, 2.45) is 0 Å². The molecule has 0 aliphatic rings. The van der Waals surface area contributed by atoms with Crippen LogP contribution in [0, 0.1) is 11.6 Å². The molecule has 0 saturated heterocycles. The zero-order valence-corrected chi connectivity index (χ0v) is 7.07. The van der Waals surface area contributed by atoms with E-state index in [1.54, 1.807) is 0 Å². The highest BCUT2D eigenvalue weighted by Gasteiger charge is 2.07. The van der Waals surface area contributed by atoms with Crippen LogP contribution in [0.3, 0.4) is 0 Å². The van der Waals surface area contributed by atoms with Crippen LogP contribution in [0.4, 0.5) is 8.78 Å². The van der Waals surface area contributed by atoms with Crippen LogP contribution in [0.1, 0.15) is 0 Å². The summed E-state index contributed by atoms with van der Waals surface area (Å²) >= 11 is 2.90. The zero-order chi connectivity index (χ0) is 8.27. The molecule has 0 aliphatic heterocycles. The fourth-order valence-electron chi connectivity index (χ4n) is 0.675. The molecule has 0 N–H and O–H groups in total. The molecule has 1 rings (SSSR count). The maximum Gasteiger partial charge on any atom is 0.191 e. The smallest absolute Gasteiger partial charge is 0.191 e. The van der Waals surface area contributed by atoms with E-state index in [2.05, 4.69) is 20.7 Å². The molecule has 60 valence electrons. The van der Waals surface area contributed by atoms with Crippen LogP contribution in [0.25, 0.3) is 0 Å². The third kappa shape index (κ3) is 1.89. The number of ether oxygens (including phenoxy) is 1. The summed E-state index contributed by atoms with van der Waals surface area (Å²) in [4.78, 5) is 0. The van der Waals surface area contributed by atoms with Gasteiger partial charge in [0.2, 0.25) is 0 Å². The van der Waals surface area contributed by atoms with Crippen LogP contribution in [-0.4, -0.2) is 5.52 Å². The minimum absolute atomic E-state index is 0.0743. The van der Waals surface area contributed by atoms with Crippen LogP contribution in [0.15, 0.2) is 18.2 Å². The van der Waals surface area contributed by atoms with Gasteiger partial charge in [-0.2, -0.15) is 0 Å². The quantitative estimate of drug-likeness (QED) is 0.700. The molecule has 11 heavy (non-hydrogen) atoms. The van der Waals surface area contributed by atoms with Crippen molar-refractivity contribution in [3.8, 4) is 5.75 Å². The van der Waals surface area contributed by atoms with Gasteiger partial charge in [-0.05, 0) is 28.1 Å². The third-order valence-corrected chi connectivity index (χ3v) is 1.35. The number of hydrogen-bond donors (Lipinski definition) is 0. The molecule has 0 heterocycles. The van der Waals surface area contributed by atoms with Crippen molar-refractivity contribution in [2.75, 3.05) is 5.52 Å². The fourth-order valence-corrected chi connectivity index (χ4v) is 0.904. The van der Waals surface area contributed by atoms with E-state index in [4.69, 9.17) is 0 Å². The Morgan fingerprint density at radius 3 is 2.27 bits per heavy atom. The number of hydrogen-bond acceptors (Lipinski definition) is 1. The molecule has 0 unspecified atom stereocenters. The average molecular weight is 223 g/mol. The number of halogens is 3. The summed E-state index contributed by atoms with van der Waals surface area (Å²) in [6.07, 6.45) is 0. The normalized spacial score (nSPS) is 9.73. The molecule has 1 aromatic rings. The number of benzene rings is 1. The summed E-state index contributed by atoms with van der Waals surface area (Å²) in [7, 11) is 0. The Balaban J connectivity index is 3.00. The van der Waals surface area contributed by atoms with E-state index in [0.29, 0.717) is 0 Å². The van der Waals surface area contributed by atoms with E-state index >= 15 is 0 Å². The van der Waals surface area contributed by atoms with E-state index < -0.39 is 11.6 Å². The van der Waals surface area contributed by atoms with Crippen LogP contribution in [-0.2, 0) is 0 Å². The first-order valence-corrected chi connectivity index (χ1v) is 4.00. The van der Waals surface area contributed by atoms with E-state index in [1.165, 1.54) is 6.07 Å². The summed E-state index contributed by atoms with van der Waals surface area (Å²) in [6, 6.07) is 3.56. The van der Waals surface area contributed by atoms with Crippen molar-refractivity contribution >= 4 is 15.9 Å². The summed E-state index contributed by atoms with van der Waals surface area (Å²) in [6.45, 7) is 0. The van der Waals surface area contributed by atoms with Crippen LogP contribution in [0.5, 0.6) is 5.75 Å². The van der Waals surface area contributed by atoms with Gasteiger partial charge in [0.05, 0.1) is 0 Å². The van der Waals surface area contributed by atoms with Gasteiger partial charge in [-0.3, -0.25) is 0 Å².